The van der Waals surface area contributed by atoms with Gasteiger partial charge in [-0.1, -0.05) is 54.1 Å². The van der Waals surface area contributed by atoms with Crippen molar-refractivity contribution in [1.82, 2.24) is 10.2 Å². The van der Waals surface area contributed by atoms with Crippen LogP contribution in [-0.2, 0) is 4.79 Å². The third-order valence-corrected chi connectivity index (χ3v) is 4.25. The Morgan fingerprint density at radius 1 is 1.04 bits per heavy atom. The number of carbonyl (C=O) groups excluding carboxylic acids is 1. The molecule has 0 aromatic heterocycles. The maximum Gasteiger partial charge on any atom is 0.232 e. The minimum atomic E-state index is -0.328. The Hall–Kier alpha value is -1.84. The second kappa shape index (κ2) is 8.86. The first-order chi connectivity index (χ1) is 11.5. The Kier molecular flexibility index (Phi) is 6.83. The van der Waals surface area contributed by atoms with Crippen LogP contribution in [0.4, 0.5) is 0 Å². The van der Waals surface area contributed by atoms with Crippen LogP contribution in [0.5, 0.6) is 0 Å². The van der Waals surface area contributed by atoms with Crippen molar-refractivity contribution in [3.63, 3.8) is 0 Å². The fraction of sp³-hybridized carbons (Fsp3) is 0.350. The number of hydrogen-bond donors (Lipinski definition) is 1. The van der Waals surface area contributed by atoms with Gasteiger partial charge in [-0.05, 0) is 57.2 Å². The minimum absolute atomic E-state index is 0.0229. The Labute approximate surface area is 149 Å². The second-order valence-electron chi connectivity index (χ2n) is 6.40. The molecule has 0 aliphatic rings. The van der Waals surface area contributed by atoms with Gasteiger partial charge in [-0.15, -0.1) is 0 Å². The Morgan fingerprint density at radius 3 is 2.21 bits per heavy atom. The van der Waals surface area contributed by atoms with E-state index in [4.69, 9.17) is 11.6 Å². The molecule has 128 valence electrons. The molecule has 4 heteroatoms. The molecule has 2 atom stereocenters. The molecule has 2 aromatic carbocycles. The van der Waals surface area contributed by atoms with E-state index in [1.807, 2.05) is 75.6 Å². The third kappa shape index (κ3) is 5.36. The molecule has 0 saturated heterocycles. The average molecular weight is 345 g/mol. The lowest BCUT2D eigenvalue weighted by molar-refractivity contribution is -0.122. The van der Waals surface area contributed by atoms with Crippen molar-refractivity contribution in [2.45, 2.75) is 25.3 Å². The first kappa shape index (κ1) is 18.5. The molecule has 1 amide bonds. The van der Waals surface area contributed by atoms with Gasteiger partial charge in [0, 0.05) is 11.1 Å². The normalized spacial score (nSPS) is 13.5. The number of benzene rings is 2. The predicted octanol–water partition coefficient (Wildman–Crippen LogP) is 3.93. The largest absolute Gasteiger partial charge is 0.353 e. The lowest BCUT2D eigenvalue weighted by Crippen LogP contribution is -2.38. The Balaban J connectivity index is 2.19. The van der Waals surface area contributed by atoms with Gasteiger partial charge >= 0.3 is 0 Å². The van der Waals surface area contributed by atoms with Gasteiger partial charge in [-0.25, -0.2) is 0 Å². The van der Waals surface area contributed by atoms with Crippen LogP contribution in [0.15, 0.2) is 54.6 Å². The molecule has 0 fully saturated rings. The van der Waals surface area contributed by atoms with E-state index in [1.165, 1.54) is 0 Å². The predicted molar refractivity (Wildman–Crippen MR) is 101 cm³/mol. The Morgan fingerprint density at radius 2 is 1.62 bits per heavy atom. The molecule has 0 bridgehead atoms. The fourth-order valence-electron chi connectivity index (χ4n) is 2.65. The van der Waals surface area contributed by atoms with Crippen molar-refractivity contribution in [1.29, 1.82) is 0 Å². The first-order valence-electron chi connectivity index (χ1n) is 8.23. The van der Waals surface area contributed by atoms with Gasteiger partial charge in [-0.2, -0.15) is 0 Å². The van der Waals surface area contributed by atoms with E-state index in [1.54, 1.807) is 0 Å². The summed E-state index contributed by atoms with van der Waals surface area (Å²) in [5.41, 5.74) is 1.93. The van der Waals surface area contributed by atoms with Crippen LogP contribution in [0, 0.1) is 0 Å². The highest BCUT2D eigenvalue weighted by molar-refractivity contribution is 6.30. The molecule has 0 aliphatic carbocycles. The zero-order valence-corrected chi connectivity index (χ0v) is 15.3. The van der Waals surface area contributed by atoms with Crippen LogP contribution < -0.4 is 5.32 Å². The summed E-state index contributed by atoms with van der Waals surface area (Å²) in [4.78, 5) is 15.0. The number of rotatable bonds is 7. The summed E-state index contributed by atoms with van der Waals surface area (Å²) >= 11 is 5.99. The van der Waals surface area contributed by atoms with E-state index < -0.39 is 0 Å². The molecule has 0 heterocycles. The lowest BCUT2D eigenvalue weighted by Gasteiger charge is -2.22. The van der Waals surface area contributed by atoms with E-state index in [2.05, 4.69) is 10.2 Å². The van der Waals surface area contributed by atoms with Crippen molar-refractivity contribution in [3.8, 4) is 0 Å². The van der Waals surface area contributed by atoms with E-state index in [0.29, 0.717) is 5.02 Å². The first-order valence-corrected chi connectivity index (χ1v) is 8.60. The van der Waals surface area contributed by atoms with E-state index >= 15 is 0 Å². The second-order valence-corrected chi connectivity index (χ2v) is 6.83. The summed E-state index contributed by atoms with van der Waals surface area (Å²) in [5, 5.41) is 3.82. The summed E-state index contributed by atoms with van der Waals surface area (Å²) in [7, 11) is 4.07. The highest BCUT2D eigenvalue weighted by Gasteiger charge is 2.23. The fourth-order valence-corrected chi connectivity index (χ4v) is 2.77. The molecule has 0 aliphatic heterocycles. The monoisotopic (exact) mass is 344 g/mol. The van der Waals surface area contributed by atoms with Crippen LogP contribution >= 0.6 is 11.6 Å². The minimum Gasteiger partial charge on any atom is -0.353 e. The van der Waals surface area contributed by atoms with Gasteiger partial charge in [0.15, 0.2) is 0 Å². The SMILES string of the molecule is CC(CCN(C)C)NC(=O)C(c1ccccc1)c1ccc(Cl)cc1. The smallest absolute Gasteiger partial charge is 0.232 e. The van der Waals surface area contributed by atoms with E-state index in [-0.39, 0.29) is 17.9 Å². The molecule has 24 heavy (non-hydrogen) atoms. The highest BCUT2D eigenvalue weighted by atomic mass is 35.5. The van der Waals surface area contributed by atoms with Crippen LogP contribution in [0.3, 0.4) is 0 Å². The summed E-state index contributed by atoms with van der Waals surface area (Å²) in [6, 6.07) is 17.5. The number of hydrogen-bond acceptors (Lipinski definition) is 2. The Bertz CT molecular complexity index is 640. The number of nitrogens with one attached hydrogen (secondary N) is 1. The molecule has 2 aromatic rings. The van der Waals surface area contributed by atoms with E-state index in [0.717, 1.165) is 24.1 Å². The topological polar surface area (TPSA) is 32.3 Å². The van der Waals surface area contributed by atoms with Gasteiger partial charge in [0.2, 0.25) is 5.91 Å². The van der Waals surface area contributed by atoms with Crippen molar-refractivity contribution in [2.75, 3.05) is 20.6 Å². The van der Waals surface area contributed by atoms with Gasteiger partial charge in [0.1, 0.15) is 0 Å². The summed E-state index contributed by atoms with van der Waals surface area (Å²) < 4.78 is 0. The number of carbonyl (C=O) groups is 1. The quantitative estimate of drug-likeness (QED) is 0.825. The summed E-state index contributed by atoms with van der Waals surface area (Å²) in [5.74, 6) is -0.306. The average Bonchev–Trinajstić information content (AvgIpc) is 2.56. The number of nitrogens with zero attached hydrogens (tertiary/aromatic N) is 1. The molecular weight excluding hydrogens is 320 g/mol. The summed E-state index contributed by atoms with van der Waals surface area (Å²) in [6.07, 6.45) is 0.918. The van der Waals surface area contributed by atoms with Crippen molar-refractivity contribution in [3.05, 3.63) is 70.7 Å². The van der Waals surface area contributed by atoms with Crippen molar-refractivity contribution >= 4 is 17.5 Å². The van der Waals surface area contributed by atoms with Gasteiger partial charge in [0.25, 0.3) is 0 Å². The molecule has 2 unspecified atom stereocenters. The molecular formula is C20H25ClN2O. The standard InChI is InChI=1S/C20H25ClN2O/c1-15(13-14-23(2)3)22-20(24)19(16-7-5-4-6-8-16)17-9-11-18(21)12-10-17/h4-12,15,19H,13-14H2,1-3H3,(H,22,24). The number of amides is 1. The van der Waals surface area contributed by atoms with Crippen LogP contribution in [0.2, 0.25) is 5.02 Å². The summed E-state index contributed by atoms with van der Waals surface area (Å²) in [6.45, 7) is 2.99. The lowest BCUT2D eigenvalue weighted by atomic mass is 9.90. The maximum atomic E-state index is 12.9. The van der Waals surface area contributed by atoms with E-state index in [9.17, 15) is 4.79 Å². The maximum absolute atomic E-state index is 12.9. The number of halogens is 1. The van der Waals surface area contributed by atoms with Crippen LogP contribution in [-0.4, -0.2) is 37.5 Å². The van der Waals surface area contributed by atoms with Gasteiger partial charge in [0.05, 0.1) is 5.92 Å². The molecule has 0 radical (unpaired) electrons. The zero-order chi connectivity index (χ0) is 17.5. The highest BCUT2D eigenvalue weighted by Crippen LogP contribution is 2.26. The van der Waals surface area contributed by atoms with Gasteiger partial charge in [-0.3, -0.25) is 4.79 Å². The van der Waals surface area contributed by atoms with Crippen LogP contribution in [0.25, 0.3) is 0 Å². The molecule has 3 nitrogen and oxygen atoms in total. The van der Waals surface area contributed by atoms with Crippen molar-refractivity contribution in [2.24, 2.45) is 0 Å². The van der Waals surface area contributed by atoms with Crippen molar-refractivity contribution < 1.29 is 4.79 Å². The van der Waals surface area contributed by atoms with Gasteiger partial charge < -0.3 is 10.2 Å². The molecule has 1 N–H and O–H groups in total. The molecule has 0 spiro atoms. The zero-order valence-electron chi connectivity index (χ0n) is 14.5. The molecule has 2 rings (SSSR count). The van der Waals surface area contributed by atoms with Crippen LogP contribution in [0.1, 0.15) is 30.4 Å². The third-order valence-electron chi connectivity index (χ3n) is 4.00. The molecule has 0 saturated carbocycles.